The van der Waals surface area contributed by atoms with E-state index in [-0.39, 0.29) is 11.2 Å². The van der Waals surface area contributed by atoms with E-state index < -0.39 is 0 Å². The van der Waals surface area contributed by atoms with Gasteiger partial charge < -0.3 is 0 Å². The van der Waals surface area contributed by atoms with Gasteiger partial charge in [-0.3, -0.25) is 9.48 Å². The maximum absolute atomic E-state index is 11.7. The Morgan fingerprint density at radius 1 is 1.50 bits per heavy atom. The number of carbonyl (C=O) groups is 1. The van der Waals surface area contributed by atoms with Crippen molar-refractivity contribution in [2.45, 2.75) is 20.8 Å². The van der Waals surface area contributed by atoms with Crippen LogP contribution in [0.2, 0.25) is 0 Å². The van der Waals surface area contributed by atoms with Gasteiger partial charge in [-0.2, -0.15) is 5.10 Å². The van der Waals surface area contributed by atoms with Crippen molar-refractivity contribution in [1.29, 1.82) is 0 Å². The first-order chi connectivity index (χ1) is 5.43. The van der Waals surface area contributed by atoms with E-state index in [2.05, 4.69) is 5.10 Å². The van der Waals surface area contributed by atoms with E-state index in [0.717, 1.165) is 0 Å². The molecule has 0 unspecified atom stereocenters. The van der Waals surface area contributed by atoms with Crippen LogP contribution in [-0.2, 0) is 7.05 Å². The zero-order chi connectivity index (χ0) is 9.35. The molecular weight excluding hydrogens is 152 g/mol. The predicted octanol–water partition coefficient (Wildman–Crippen LogP) is 1.65. The van der Waals surface area contributed by atoms with Crippen LogP contribution in [0.3, 0.4) is 0 Å². The number of nitrogens with zero attached hydrogens (tertiary/aromatic N) is 2. The largest absolute Gasteiger partial charge is 0.292 e. The van der Waals surface area contributed by atoms with Crippen LogP contribution < -0.4 is 0 Å². The average Bonchev–Trinajstić information content (AvgIpc) is 2.31. The van der Waals surface area contributed by atoms with Gasteiger partial charge >= 0.3 is 0 Å². The maximum atomic E-state index is 11.7. The topological polar surface area (TPSA) is 34.9 Å². The molecule has 0 amide bonds. The minimum atomic E-state index is -0.326. The minimum Gasteiger partial charge on any atom is -0.292 e. The van der Waals surface area contributed by atoms with Crippen molar-refractivity contribution in [3.05, 3.63) is 18.0 Å². The molecule has 0 fully saturated rings. The summed E-state index contributed by atoms with van der Waals surface area (Å²) in [6.45, 7) is 5.72. The summed E-state index contributed by atoms with van der Waals surface area (Å²) in [6, 6.07) is 1.74. The second-order valence-corrected chi connectivity index (χ2v) is 3.92. The molecule has 3 heteroatoms. The van der Waals surface area contributed by atoms with Gasteiger partial charge in [0, 0.05) is 18.7 Å². The van der Waals surface area contributed by atoms with Crippen molar-refractivity contribution in [1.82, 2.24) is 9.78 Å². The van der Waals surface area contributed by atoms with Crippen LogP contribution in [-0.4, -0.2) is 15.6 Å². The molecule has 0 aliphatic heterocycles. The lowest BCUT2D eigenvalue weighted by Gasteiger charge is -2.15. The van der Waals surface area contributed by atoms with Crippen molar-refractivity contribution in [2.24, 2.45) is 12.5 Å². The molecule has 1 aromatic heterocycles. The van der Waals surface area contributed by atoms with Crippen molar-refractivity contribution in [3.63, 3.8) is 0 Å². The fraction of sp³-hybridized carbons (Fsp3) is 0.556. The van der Waals surface area contributed by atoms with Crippen LogP contribution in [0.1, 0.15) is 31.3 Å². The number of rotatable bonds is 1. The lowest BCUT2D eigenvalue weighted by Crippen LogP contribution is -2.22. The molecule has 0 radical (unpaired) electrons. The van der Waals surface area contributed by atoms with Crippen molar-refractivity contribution in [3.8, 4) is 0 Å². The molecule has 0 N–H and O–H groups in total. The van der Waals surface area contributed by atoms with Gasteiger partial charge in [0.15, 0.2) is 5.78 Å². The summed E-state index contributed by atoms with van der Waals surface area (Å²) in [7, 11) is 1.78. The van der Waals surface area contributed by atoms with Gasteiger partial charge in [-0.25, -0.2) is 0 Å². The van der Waals surface area contributed by atoms with E-state index in [1.165, 1.54) is 0 Å². The van der Waals surface area contributed by atoms with Crippen LogP contribution in [0.15, 0.2) is 12.3 Å². The van der Waals surface area contributed by atoms with Gasteiger partial charge in [-0.1, -0.05) is 20.8 Å². The molecule has 12 heavy (non-hydrogen) atoms. The van der Waals surface area contributed by atoms with Crippen LogP contribution in [0.5, 0.6) is 0 Å². The lowest BCUT2D eigenvalue weighted by atomic mass is 9.89. The summed E-state index contributed by atoms with van der Waals surface area (Å²) in [5, 5.41) is 3.95. The Kier molecular flexibility index (Phi) is 2.04. The molecule has 0 aliphatic carbocycles. The molecule has 1 rings (SSSR count). The number of aromatic nitrogens is 2. The molecule has 3 nitrogen and oxygen atoms in total. The molecule has 1 heterocycles. The number of ketones is 1. The molecule has 66 valence electrons. The van der Waals surface area contributed by atoms with E-state index in [9.17, 15) is 4.79 Å². The summed E-state index contributed by atoms with van der Waals surface area (Å²) in [5.41, 5.74) is 0.343. The average molecular weight is 166 g/mol. The number of carbonyl (C=O) groups excluding carboxylic acids is 1. The molecule has 0 spiro atoms. The maximum Gasteiger partial charge on any atom is 0.186 e. The van der Waals surface area contributed by atoms with E-state index in [1.54, 1.807) is 24.0 Å². The second-order valence-electron chi connectivity index (χ2n) is 3.92. The number of hydrogen-bond donors (Lipinski definition) is 0. The minimum absolute atomic E-state index is 0.127. The standard InChI is InChI=1S/C9H14N2O/c1-9(2,3)8(12)7-5-6-10-11(7)4/h5-6H,1-4H3. The first kappa shape index (κ1) is 8.97. The van der Waals surface area contributed by atoms with Gasteiger partial charge in [0.2, 0.25) is 0 Å². The molecule has 0 bridgehead atoms. The number of hydrogen-bond acceptors (Lipinski definition) is 2. The summed E-state index contributed by atoms with van der Waals surface area (Å²) in [5.74, 6) is 0.127. The van der Waals surface area contributed by atoms with Crippen LogP contribution >= 0.6 is 0 Å². The smallest absolute Gasteiger partial charge is 0.186 e. The van der Waals surface area contributed by atoms with Crippen molar-refractivity contribution < 1.29 is 4.79 Å². The van der Waals surface area contributed by atoms with Crippen LogP contribution in [0.25, 0.3) is 0 Å². The highest BCUT2D eigenvalue weighted by Gasteiger charge is 2.24. The third-order valence-electron chi connectivity index (χ3n) is 1.73. The third kappa shape index (κ3) is 1.55. The molecule has 0 saturated heterocycles. The highest BCUT2D eigenvalue weighted by Crippen LogP contribution is 2.19. The molecule has 0 aliphatic rings. The summed E-state index contributed by atoms with van der Waals surface area (Å²) in [4.78, 5) is 11.7. The number of Topliss-reactive ketones (excluding diaryl/α,β-unsaturated/α-hetero) is 1. The molecule has 0 saturated carbocycles. The van der Waals surface area contributed by atoms with Gasteiger partial charge in [0.1, 0.15) is 5.69 Å². The normalized spacial score (nSPS) is 11.7. The van der Waals surface area contributed by atoms with Gasteiger partial charge in [-0.05, 0) is 6.07 Å². The number of aryl methyl sites for hydroxylation is 1. The zero-order valence-electron chi connectivity index (χ0n) is 7.96. The lowest BCUT2D eigenvalue weighted by molar-refractivity contribution is 0.0848. The Morgan fingerprint density at radius 3 is 2.42 bits per heavy atom. The Labute approximate surface area is 72.4 Å². The summed E-state index contributed by atoms with van der Waals surface area (Å²) in [6.07, 6.45) is 1.64. The van der Waals surface area contributed by atoms with Gasteiger partial charge in [0.25, 0.3) is 0 Å². The van der Waals surface area contributed by atoms with Crippen LogP contribution in [0.4, 0.5) is 0 Å². The molecule has 0 aromatic carbocycles. The first-order valence-corrected chi connectivity index (χ1v) is 3.96. The highest BCUT2D eigenvalue weighted by atomic mass is 16.1. The quantitative estimate of drug-likeness (QED) is 0.594. The Morgan fingerprint density at radius 2 is 2.08 bits per heavy atom. The highest BCUT2D eigenvalue weighted by molar-refractivity contribution is 5.98. The van der Waals surface area contributed by atoms with Crippen molar-refractivity contribution in [2.75, 3.05) is 0 Å². The van der Waals surface area contributed by atoms with Gasteiger partial charge in [-0.15, -0.1) is 0 Å². The van der Waals surface area contributed by atoms with Gasteiger partial charge in [0.05, 0.1) is 0 Å². The van der Waals surface area contributed by atoms with Crippen molar-refractivity contribution >= 4 is 5.78 Å². The second kappa shape index (κ2) is 2.73. The Hall–Kier alpha value is -1.12. The molecular formula is C9H14N2O. The monoisotopic (exact) mass is 166 g/mol. The fourth-order valence-electron chi connectivity index (χ4n) is 0.981. The Balaban J connectivity index is 3.01. The van der Waals surface area contributed by atoms with E-state index >= 15 is 0 Å². The molecule has 0 atom stereocenters. The zero-order valence-corrected chi connectivity index (χ0v) is 7.96. The SMILES string of the molecule is Cn1nccc1C(=O)C(C)(C)C. The van der Waals surface area contributed by atoms with E-state index in [1.807, 2.05) is 20.8 Å². The first-order valence-electron chi connectivity index (χ1n) is 3.96. The predicted molar refractivity (Wildman–Crippen MR) is 47.0 cm³/mol. The summed E-state index contributed by atoms with van der Waals surface area (Å²) >= 11 is 0. The Bertz CT molecular complexity index is 294. The van der Waals surface area contributed by atoms with E-state index in [0.29, 0.717) is 5.69 Å². The fourth-order valence-corrected chi connectivity index (χ4v) is 0.981. The summed E-state index contributed by atoms with van der Waals surface area (Å²) < 4.78 is 1.60. The third-order valence-corrected chi connectivity index (χ3v) is 1.73. The molecule has 1 aromatic rings. The van der Waals surface area contributed by atoms with E-state index in [4.69, 9.17) is 0 Å². The van der Waals surface area contributed by atoms with Crippen LogP contribution in [0, 0.1) is 5.41 Å².